The highest BCUT2D eigenvalue weighted by Crippen LogP contribution is 2.29. The van der Waals surface area contributed by atoms with Crippen molar-refractivity contribution in [2.24, 2.45) is 0 Å². The molecule has 0 radical (unpaired) electrons. The zero-order valence-electron chi connectivity index (χ0n) is 10.4. The Balaban J connectivity index is 2.56. The van der Waals surface area contributed by atoms with Gasteiger partial charge >= 0.3 is 0 Å². The number of aryl methyl sites for hydroxylation is 2. The summed E-state index contributed by atoms with van der Waals surface area (Å²) in [6.07, 6.45) is 6.96. The van der Waals surface area contributed by atoms with Crippen LogP contribution in [0.1, 0.15) is 43.6 Å². The summed E-state index contributed by atoms with van der Waals surface area (Å²) in [6, 6.07) is 0. The lowest BCUT2D eigenvalue weighted by Crippen LogP contribution is -2.07. The number of fused-ring (bicyclic) bond motifs is 1. The van der Waals surface area contributed by atoms with Gasteiger partial charge in [0.2, 0.25) is 0 Å². The minimum atomic E-state index is 0.0136. The Kier molecular flexibility index (Phi) is 3.94. The third-order valence-corrected chi connectivity index (χ3v) is 4.13. The summed E-state index contributed by atoms with van der Waals surface area (Å²) in [5.74, 6) is 0. The second-order valence-corrected chi connectivity index (χ2v) is 5.35. The summed E-state index contributed by atoms with van der Waals surface area (Å²) < 4.78 is 0. The molecule has 17 heavy (non-hydrogen) atoms. The number of H-pyrrole nitrogens is 1. The van der Waals surface area contributed by atoms with Gasteiger partial charge in [0.25, 0.3) is 5.56 Å². The van der Waals surface area contributed by atoms with E-state index in [0.717, 1.165) is 42.3 Å². The average Bonchev–Trinajstić information content (AvgIpc) is 2.66. The molecular formula is C13H18N2OS. The van der Waals surface area contributed by atoms with Gasteiger partial charge in [0.1, 0.15) is 4.83 Å². The van der Waals surface area contributed by atoms with Crippen molar-refractivity contribution in [3.8, 4) is 0 Å². The predicted octanol–water partition coefficient (Wildman–Crippen LogP) is 3.28. The molecule has 0 spiro atoms. The van der Waals surface area contributed by atoms with Gasteiger partial charge in [-0.2, -0.15) is 0 Å². The van der Waals surface area contributed by atoms with Gasteiger partial charge in [0, 0.05) is 4.88 Å². The number of aromatic nitrogens is 2. The molecule has 2 aromatic rings. The van der Waals surface area contributed by atoms with Crippen molar-refractivity contribution in [2.75, 3.05) is 0 Å². The Morgan fingerprint density at radius 3 is 2.82 bits per heavy atom. The fourth-order valence-electron chi connectivity index (χ4n) is 2.09. The largest absolute Gasteiger partial charge is 0.313 e. The van der Waals surface area contributed by atoms with Gasteiger partial charge in [-0.15, -0.1) is 11.3 Å². The lowest BCUT2D eigenvalue weighted by Gasteiger charge is -2.01. The maximum absolute atomic E-state index is 11.9. The smallest absolute Gasteiger partial charge is 0.259 e. The molecule has 0 aliphatic rings. The number of hydrogen-bond donors (Lipinski definition) is 1. The van der Waals surface area contributed by atoms with E-state index in [1.54, 1.807) is 11.3 Å². The van der Waals surface area contributed by atoms with E-state index in [2.05, 4.69) is 23.8 Å². The number of nitrogens with one attached hydrogen (secondary N) is 1. The van der Waals surface area contributed by atoms with Gasteiger partial charge in [-0.05, 0) is 24.8 Å². The Bertz CT molecular complexity index is 556. The van der Waals surface area contributed by atoms with E-state index < -0.39 is 0 Å². The molecule has 0 saturated carbocycles. The molecule has 1 N–H and O–H groups in total. The number of aromatic amines is 1. The number of thiophene rings is 1. The summed E-state index contributed by atoms with van der Waals surface area (Å²) in [6.45, 7) is 4.35. The fraction of sp³-hybridized carbons (Fsp3) is 0.538. The number of nitrogens with zero attached hydrogens (tertiary/aromatic N) is 1. The first kappa shape index (κ1) is 12.3. The summed E-state index contributed by atoms with van der Waals surface area (Å²) in [5, 5.41) is 0.828. The zero-order valence-corrected chi connectivity index (χ0v) is 11.2. The topological polar surface area (TPSA) is 45.8 Å². The van der Waals surface area contributed by atoms with E-state index in [1.807, 2.05) is 0 Å². The third-order valence-electron chi connectivity index (χ3n) is 2.93. The molecule has 3 nitrogen and oxygen atoms in total. The summed E-state index contributed by atoms with van der Waals surface area (Å²) in [4.78, 5) is 21.1. The summed E-state index contributed by atoms with van der Waals surface area (Å²) in [7, 11) is 0. The van der Waals surface area contributed by atoms with Crippen LogP contribution < -0.4 is 5.56 Å². The van der Waals surface area contributed by atoms with Crippen LogP contribution in [-0.4, -0.2) is 9.97 Å². The van der Waals surface area contributed by atoms with Crippen molar-refractivity contribution in [1.29, 1.82) is 0 Å². The first-order valence-electron chi connectivity index (χ1n) is 6.25. The first-order chi connectivity index (χ1) is 8.27. The molecule has 0 atom stereocenters. The van der Waals surface area contributed by atoms with Crippen LogP contribution in [0.2, 0.25) is 0 Å². The monoisotopic (exact) mass is 250 g/mol. The van der Waals surface area contributed by atoms with Gasteiger partial charge < -0.3 is 4.98 Å². The van der Waals surface area contributed by atoms with Gasteiger partial charge in [-0.3, -0.25) is 4.79 Å². The van der Waals surface area contributed by atoms with Crippen LogP contribution in [0.5, 0.6) is 0 Å². The van der Waals surface area contributed by atoms with Crippen LogP contribution in [0.25, 0.3) is 10.2 Å². The van der Waals surface area contributed by atoms with Crippen LogP contribution in [0.15, 0.2) is 11.1 Å². The first-order valence-corrected chi connectivity index (χ1v) is 7.07. The maximum atomic E-state index is 11.9. The summed E-state index contributed by atoms with van der Waals surface area (Å²) >= 11 is 1.68. The van der Waals surface area contributed by atoms with Crippen LogP contribution in [0, 0.1) is 0 Å². The molecule has 0 aliphatic heterocycles. The van der Waals surface area contributed by atoms with E-state index in [0.29, 0.717) is 0 Å². The van der Waals surface area contributed by atoms with Crippen molar-refractivity contribution >= 4 is 21.6 Å². The molecule has 0 fully saturated rings. The van der Waals surface area contributed by atoms with Crippen molar-refractivity contribution < 1.29 is 0 Å². The van der Waals surface area contributed by atoms with E-state index in [4.69, 9.17) is 0 Å². The van der Waals surface area contributed by atoms with Gasteiger partial charge in [-0.1, -0.05) is 26.7 Å². The van der Waals surface area contributed by atoms with Crippen molar-refractivity contribution in [1.82, 2.24) is 9.97 Å². The van der Waals surface area contributed by atoms with Crippen molar-refractivity contribution in [3.63, 3.8) is 0 Å². The standard InChI is InChI=1S/C13H18N2OS/c1-3-5-7-9-10(6-4-2)17-13-11(9)12(16)14-8-15-13/h8H,3-7H2,1-2H3,(H,14,15,16). The van der Waals surface area contributed by atoms with Crippen LogP contribution in [-0.2, 0) is 12.8 Å². The SMILES string of the molecule is CCCCc1c(CCC)sc2nc[nH]c(=O)c12. The van der Waals surface area contributed by atoms with Crippen LogP contribution >= 0.6 is 11.3 Å². The molecule has 0 aromatic carbocycles. The number of rotatable bonds is 5. The highest BCUT2D eigenvalue weighted by molar-refractivity contribution is 7.18. The fourth-order valence-corrected chi connectivity index (χ4v) is 3.38. The summed E-state index contributed by atoms with van der Waals surface area (Å²) in [5.41, 5.74) is 1.25. The minimum absolute atomic E-state index is 0.0136. The van der Waals surface area contributed by atoms with E-state index in [9.17, 15) is 4.79 Å². The Hall–Kier alpha value is -1.16. The predicted molar refractivity (Wildman–Crippen MR) is 72.8 cm³/mol. The molecule has 92 valence electrons. The molecule has 0 unspecified atom stereocenters. The van der Waals surface area contributed by atoms with Gasteiger partial charge in [0.05, 0.1) is 11.7 Å². The Morgan fingerprint density at radius 1 is 1.29 bits per heavy atom. The highest BCUT2D eigenvalue weighted by Gasteiger charge is 2.14. The Morgan fingerprint density at radius 2 is 2.12 bits per heavy atom. The molecular weight excluding hydrogens is 232 g/mol. The highest BCUT2D eigenvalue weighted by atomic mass is 32.1. The van der Waals surface area contributed by atoms with Crippen molar-refractivity contribution in [3.05, 3.63) is 27.1 Å². The molecule has 2 aromatic heterocycles. The van der Waals surface area contributed by atoms with Gasteiger partial charge in [-0.25, -0.2) is 4.98 Å². The van der Waals surface area contributed by atoms with Crippen LogP contribution in [0.3, 0.4) is 0 Å². The lowest BCUT2D eigenvalue weighted by molar-refractivity contribution is 0.789. The maximum Gasteiger partial charge on any atom is 0.259 e. The molecule has 4 heteroatoms. The third kappa shape index (κ3) is 2.41. The molecule has 0 aliphatic carbocycles. The number of unbranched alkanes of at least 4 members (excludes halogenated alkanes) is 1. The number of hydrogen-bond acceptors (Lipinski definition) is 3. The zero-order chi connectivity index (χ0) is 12.3. The average molecular weight is 250 g/mol. The minimum Gasteiger partial charge on any atom is -0.313 e. The normalized spacial score (nSPS) is 11.2. The lowest BCUT2D eigenvalue weighted by atomic mass is 10.0. The molecule has 0 saturated heterocycles. The molecule has 2 rings (SSSR count). The van der Waals surface area contributed by atoms with Crippen LogP contribution in [0.4, 0.5) is 0 Å². The second-order valence-electron chi connectivity index (χ2n) is 4.27. The molecule has 0 amide bonds. The van der Waals surface area contributed by atoms with Gasteiger partial charge in [0.15, 0.2) is 0 Å². The quantitative estimate of drug-likeness (QED) is 0.885. The van der Waals surface area contributed by atoms with E-state index in [1.165, 1.54) is 16.8 Å². The molecule has 2 heterocycles. The van der Waals surface area contributed by atoms with E-state index in [-0.39, 0.29) is 5.56 Å². The second kappa shape index (κ2) is 5.45. The van der Waals surface area contributed by atoms with E-state index >= 15 is 0 Å². The Labute approximate surface area is 105 Å². The molecule has 0 bridgehead atoms. The van der Waals surface area contributed by atoms with Crippen molar-refractivity contribution in [2.45, 2.75) is 46.0 Å².